The summed E-state index contributed by atoms with van der Waals surface area (Å²) in [4.78, 5) is 2.37. The number of rotatable bonds is 6. The minimum Gasteiger partial charge on any atom is -0.310 e. The van der Waals surface area contributed by atoms with Crippen LogP contribution in [0.3, 0.4) is 0 Å². The van der Waals surface area contributed by atoms with E-state index in [0.717, 1.165) is 22.7 Å². The number of anilines is 3. The van der Waals surface area contributed by atoms with Gasteiger partial charge < -0.3 is 9.47 Å². The molecule has 0 spiro atoms. The first-order chi connectivity index (χ1) is 25.3. The second kappa shape index (κ2) is 12.2. The van der Waals surface area contributed by atoms with Crippen LogP contribution in [0.4, 0.5) is 17.1 Å². The zero-order valence-corrected chi connectivity index (χ0v) is 28.6. The number of fused-ring (bicyclic) bond motifs is 6. The van der Waals surface area contributed by atoms with Gasteiger partial charge in [-0.15, -0.1) is 11.3 Å². The van der Waals surface area contributed by atoms with Crippen LogP contribution in [0.25, 0.3) is 69.9 Å². The van der Waals surface area contributed by atoms with Gasteiger partial charge in [0.25, 0.3) is 0 Å². The molecule has 10 aromatic rings. The summed E-state index contributed by atoms with van der Waals surface area (Å²) in [5.74, 6) is 0. The molecule has 0 unspecified atom stereocenters. The van der Waals surface area contributed by atoms with Gasteiger partial charge in [0.05, 0.1) is 11.0 Å². The summed E-state index contributed by atoms with van der Waals surface area (Å²) in [6, 6.07) is 70.3. The zero-order chi connectivity index (χ0) is 33.7. The molecule has 0 atom stereocenters. The maximum atomic E-state index is 2.37. The van der Waals surface area contributed by atoms with Crippen molar-refractivity contribution >= 4 is 70.4 Å². The van der Waals surface area contributed by atoms with Gasteiger partial charge in [0.15, 0.2) is 0 Å². The highest BCUT2D eigenvalue weighted by atomic mass is 32.1. The Bertz CT molecular complexity index is 2790. The predicted octanol–water partition coefficient (Wildman–Crippen LogP) is 14.0. The van der Waals surface area contributed by atoms with Gasteiger partial charge in [0, 0.05) is 53.7 Å². The molecule has 0 aliphatic carbocycles. The van der Waals surface area contributed by atoms with E-state index in [1.165, 1.54) is 64.2 Å². The number of nitrogens with zero attached hydrogens (tertiary/aromatic N) is 2. The van der Waals surface area contributed by atoms with Crippen molar-refractivity contribution in [1.29, 1.82) is 0 Å². The molecule has 10 rings (SSSR count). The summed E-state index contributed by atoms with van der Waals surface area (Å²) >= 11 is 1.88. The van der Waals surface area contributed by atoms with Gasteiger partial charge in [0.2, 0.25) is 0 Å². The number of thiophene rings is 1. The van der Waals surface area contributed by atoms with Crippen LogP contribution in [0.2, 0.25) is 0 Å². The summed E-state index contributed by atoms with van der Waals surface area (Å²) in [6.45, 7) is 0. The topological polar surface area (TPSA) is 8.17 Å². The van der Waals surface area contributed by atoms with E-state index in [0.29, 0.717) is 0 Å². The Morgan fingerprint density at radius 1 is 0.373 bits per heavy atom. The van der Waals surface area contributed by atoms with E-state index < -0.39 is 0 Å². The zero-order valence-electron chi connectivity index (χ0n) is 27.8. The quantitative estimate of drug-likeness (QED) is 0.171. The molecule has 0 N–H and O–H groups in total. The SMILES string of the molecule is c1ccc(-c2cccc(N(c3ccc(-c4cccc5c4sc4ccccc45)cc3)c3ccc(-n4c5ccccc5c5ccccc54)cc3)c2)cc1. The first-order valence-electron chi connectivity index (χ1n) is 17.4. The van der Waals surface area contributed by atoms with Crippen LogP contribution in [0.5, 0.6) is 0 Å². The van der Waals surface area contributed by atoms with E-state index in [9.17, 15) is 0 Å². The Hall–Kier alpha value is -6.42. The molecule has 2 nitrogen and oxygen atoms in total. The van der Waals surface area contributed by atoms with Gasteiger partial charge in [0.1, 0.15) is 0 Å². The standard InChI is InChI=1S/C48H32N2S/c1-2-12-33(13-3-1)35-14-10-15-39(32-35)49(36-26-24-34(25-27-36)40-19-11-20-44-43-18-6-9-23-47(43)51-48(40)44)37-28-30-38(31-29-37)50-45-21-7-4-16-41(45)42-17-5-8-22-46(42)50/h1-32H. The monoisotopic (exact) mass is 668 g/mol. The molecule has 2 heterocycles. The molecule has 0 amide bonds. The van der Waals surface area contributed by atoms with Crippen molar-refractivity contribution in [3.63, 3.8) is 0 Å². The second-order valence-corrected chi connectivity index (χ2v) is 14.0. The first kappa shape index (κ1) is 29.5. The maximum absolute atomic E-state index is 2.37. The number of hydrogen-bond acceptors (Lipinski definition) is 2. The third-order valence-corrected chi connectivity index (χ3v) is 11.2. The Balaban J connectivity index is 1.09. The van der Waals surface area contributed by atoms with Gasteiger partial charge >= 0.3 is 0 Å². The van der Waals surface area contributed by atoms with Crippen molar-refractivity contribution in [2.75, 3.05) is 4.90 Å². The third kappa shape index (κ3) is 5.01. The molecular weight excluding hydrogens is 637 g/mol. The van der Waals surface area contributed by atoms with Crippen LogP contribution in [0, 0.1) is 0 Å². The maximum Gasteiger partial charge on any atom is 0.0541 e. The van der Waals surface area contributed by atoms with Gasteiger partial charge in [-0.3, -0.25) is 0 Å². The van der Waals surface area contributed by atoms with E-state index in [-0.39, 0.29) is 0 Å². The molecule has 0 saturated heterocycles. The highest BCUT2D eigenvalue weighted by Crippen LogP contribution is 2.42. The highest BCUT2D eigenvalue weighted by Gasteiger charge is 2.17. The van der Waals surface area contributed by atoms with E-state index in [2.05, 4.69) is 204 Å². The Morgan fingerprint density at radius 2 is 0.941 bits per heavy atom. The molecule has 2 aromatic heterocycles. The second-order valence-electron chi connectivity index (χ2n) is 13.0. The van der Waals surface area contributed by atoms with E-state index in [1.807, 2.05) is 11.3 Å². The minimum absolute atomic E-state index is 1.10. The highest BCUT2D eigenvalue weighted by molar-refractivity contribution is 7.26. The summed E-state index contributed by atoms with van der Waals surface area (Å²) in [7, 11) is 0. The van der Waals surface area contributed by atoms with Crippen LogP contribution in [-0.4, -0.2) is 4.57 Å². The van der Waals surface area contributed by atoms with Gasteiger partial charge in [-0.05, 0) is 89.0 Å². The molecule has 51 heavy (non-hydrogen) atoms. The fourth-order valence-corrected chi connectivity index (χ4v) is 8.86. The summed E-state index contributed by atoms with van der Waals surface area (Å²) < 4.78 is 5.03. The van der Waals surface area contributed by atoms with Crippen LogP contribution < -0.4 is 4.90 Å². The predicted molar refractivity (Wildman–Crippen MR) is 219 cm³/mol. The van der Waals surface area contributed by atoms with Crippen molar-refractivity contribution in [3.05, 3.63) is 194 Å². The van der Waals surface area contributed by atoms with Gasteiger partial charge in [-0.25, -0.2) is 0 Å². The molecular formula is C48H32N2S. The first-order valence-corrected chi connectivity index (χ1v) is 18.2. The molecule has 3 heteroatoms. The average Bonchev–Trinajstić information content (AvgIpc) is 3.75. The largest absolute Gasteiger partial charge is 0.310 e. The number of benzene rings is 8. The Morgan fingerprint density at radius 3 is 1.67 bits per heavy atom. The van der Waals surface area contributed by atoms with Crippen LogP contribution in [0.15, 0.2) is 194 Å². The molecule has 0 fully saturated rings. The minimum atomic E-state index is 1.10. The molecule has 0 radical (unpaired) electrons. The van der Waals surface area contributed by atoms with Crippen molar-refractivity contribution < 1.29 is 0 Å². The van der Waals surface area contributed by atoms with Crippen LogP contribution in [0.1, 0.15) is 0 Å². The lowest BCUT2D eigenvalue weighted by Crippen LogP contribution is -2.10. The lowest BCUT2D eigenvalue weighted by Gasteiger charge is -2.26. The molecule has 8 aromatic carbocycles. The number of aromatic nitrogens is 1. The summed E-state index contributed by atoms with van der Waals surface area (Å²) in [5.41, 5.74) is 11.8. The number of hydrogen-bond donors (Lipinski definition) is 0. The van der Waals surface area contributed by atoms with Gasteiger partial charge in [-0.1, -0.05) is 127 Å². The van der Waals surface area contributed by atoms with Crippen molar-refractivity contribution in [2.45, 2.75) is 0 Å². The summed E-state index contributed by atoms with van der Waals surface area (Å²) in [6.07, 6.45) is 0. The Labute approximate surface area is 300 Å². The van der Waals surface area contributed by atoms with Crippen molar-refractivity contribution in [1.82, 2.24) is 4.57 Å². The fraction of sp³-hybridized carbons (Fsp3) is 0. The third-order valence-electron chi connectivity index (χ3n) is 10.00. The molecule has 0 aliphatic rings. The van der Waals surface area contributed by atoms with E-state index in [4.69, 9.17) is 0 Å². The normalized spacial score (nSPS) is 11.5. The van der Waals surface area contributed by atoms with Crippen molar-refractivity contribution in [2.24, 2.45) is 0 Å². The lowest BCUT2D eigenvalue weighted by atomic mass is 10.0. The molecule has 240 valence electrons. The molecule has 0 aliphatic heterocycles. The smallest absolute Gasteiger partial charge is 0.0541 e. The van der Waals surface area contributed by atoms with E-state index >= 15 is 0 Å². The molecule has 0 bridgehead atoms. The number of para-hydroxylation sites is 2. The Kier molecular flexibility index (Phi) is 7.04. The lowest BCUT2D eigenvalue weighted by molar-refractivity contribution is 1.17. The van der Waals surface area contributed by atoms with Crippen LogP contribution in [-0.2, 0) is 0 Å². The van der Waals surface area contributed by atoms with Crippen molar-refractivity contribution in [3.8, 4) is 27.9 Å². The van der Waals surface area contributed by atoms with Crippen LogP contribution >= 0.6 is 11.3 Å². The molecule has 0 saturated carbocycles. The van der Waals surface area contributed by atoms with Gasteiger partial charge in [-0.2, -0.15) is 0 Å². The summed E-state index contributed by atoms with van der Waals surface area (Å²) in [5, 5.41) is 5.18. The fourth-order valence-electron chi connectivity index (χ4n) is 7.62. The van der Waals surface area contributed by atoms with E-state index in [1.54, 1.807) is 0 Å². The average molecular weight is 669 g/mol.